The summed E-state index contributed by atoms with van der Waals surface area (Å²) < 4.78 is 1.03. The minimum absolute atomic E-state index is 0.896. The summed E-state index contributed by atoms with van der Waals surface area (Å²) in [4.78, 5) is 1.21. The van der Waals surface area contributed by atoms with E-state index >= 15 is 0 Å². The topological polar surface area (TPSA) is 26.0 Å². The highest BCUT2D eigenvalue weighted by Gasteiger charge is 2.06. The average Bonchev–Trinajstić information content (AvgIpc) is 2.13. The van der Waals surface area contributed by atoms with Gasteiger partial charge in [-0.3, -0.25) is 0 Å². The van der Waals surface area contributed by atoms with Gasteiger partial charge in [0.05, 0.1) is 27.7 Å². The second-order valence-corrected chi connectivity index (χ2v) is 5.89. The van der Waals surface area contributed by atoms with Gasteiger partial charge in [-0.25, -0.2) is 0 Å². The molecule has 0 radical (unpaired) electrons. The smallest absolute Gasteiger partial charge is 0.0788 e. The molecule has 1 rings (SSSR count). The van der Waals surface area contributed by atoms with Crippen LogP contribution < -0.4 is 5.73 Å². The maximum Gasteiger partial charge on any atom is 0.0788 e. The van der Waals surface area contributed by atoms with Gasteiger partial charge in [0.1, 0.15) is 0 Å². The number of thioether (sulfide) groups is 1. The Hall–Kier alpha value is -0.670. The molecule has 0 aliphatic rings. The van der Waals surface area contributed by atoms with E-state index in [1.165, 1.54) is 17.9 Å². The first-order valence-corrected chi connectivity index (χ1v) is 6.25. The number of para-hydroxylation sites is 1. The summed E-state index contributed by atoms with van der Waals surface area (Å²) in [5.41, 5.74) is 6.76. The standard InChI is InChI=1S/C12H21N2S/c1-14(2,3)9-6-10-15-12-8-5-4-7-11(12)13/h4-5,7-8H,6,9-10,13H2,1-3H3/q+1. The number of benzene rings is 1. The Labute approximate surface area is 97.1 Å². The summed E-state index contributed by atoms with van der Waals surface area (Å²) >= 11 is 1.85. The third kappa shape index (κ3) is 5.09. The maximum atomic E-state index is 5.86. The average molecular weight is 225 g/mol. The highest BCUT2D eigenvalue weighted by atomic mass is 32.2. The largest absolute Gasteiger partial charge is 0.398 e. The van der Waals surface area contributed by atoms with Crippen LogP contribution >= 0.6 is 11.8 Å². The molecule has 0 spiro atoms. The molecular formula is C12H21N2S+. The van der Waals surface area contributed by atoms with Crippen LogP contribution in [0.4, 0.5) is 5.69 Å². The summed E-state index contributed by atoms with van der Waals surface area (Å²) in [6.07, 6.45) is 1.22. The highest BCUT2D eigenvalue weighted by Crippen LogP contribution is 2.24. The van der Waals surface area contributed by atoms with Crippen molar-refractivity contribution >= 4 is 17.4 Å². The van der Waals surface area contributed by atoms with Gasteiger partial charge in [-0.05, 0) is 12.1 Å². The highest BCUT2D eigenvalue weighted by molar-refractivity contribution is 7.99. The fourth-order valence-corrected chi connectivity index (χ4v) is 2.24. The first kappa shape index (κ1) is 12.4. The van der Waals surface area contributed by atoms with Crippen LogP contribution in [0.25, 0.3) is 0 Å². The molecule has 0 amide bonds. The SMILES string of the molecule is C[N+](C)(C)CCCSc1ccccc1N. The zero-order chi connectivity index (χ0) is 11.3. The third-order valence-corrected chi connectivity index (χ3v) is 3.33. The lowest BCUT2D eigenvalue weighted by molar-refractivity contribution is -0.870. The molecule has 1 aromatic rings. The number of quaternary nitrogens is 1. The number of nitrogen functional groups attached to an aromatic ring is 1. The van der Waals surface area contributed by atoms with Gasteiger partial charge in [-0.15, -0.1) is 11.8 Å². The number of rotatable bonds is 5. The van der Waals surface area contributed by atoms with E-state index in [0.717, 1.165) is 15.9 Å². The lowest BCUT2D eigenvalue weighted by atomic mass is 10.3. The van der Waals surface area contributed by atoms with E-state index in [0.29, 0.717) is 0 Å². The summed E-state index contributed by atoms with van der Waals surface area (Å²) in [6.45, 7) is 1.21. The van der Waals surface area contributed by atoms with Gasteiger partial charge in [0, 0.05) is 22.8 Å². The van der Waals surface area contributed by atoms with Gasteiger partial charge in [0.25, 0.3) is 0 Å². The predicted molar refractivity (Wildman–Crippen MR) is 69.1 cm³/mol. The van der Waals surface area contributed by atoms with Crippen molar-refractivity contribution in [2.75, 3.05) is 39.2 Å². The van der Waals surface area contributed by atoms with Crippen molar-refractivity contribution in [2.24, 2.45) is 0 Å². The molecule has 0 fully saturated rings. The van der Waals surface area contributed by atoms with Crippen LogP contribution in [0.15, 0.2) is 29.2 Å². The van der Waals surface area contributed by atoms with E-state index < -0.39 is 0 Å². The van der Waals surface area contributed by atoms with Crippen molar-refractivity contribution in [1.82, 2.24) is 0 Å². The van der Waals surface area contributed by atoms with Crippen LogP contribution in [-0.2, 0) is 0 Å². The molecule has 15 heavy (non-hydrogen) atoms. The molecule has 3 heteroatoms. The number of nitrogens with zero attached hydrogens (tertiary/aromatic N) is 1. The molecule has 0 bridgehead atoms. The summed E-state index contributed by atoms with van der Waals surface area (Å²) in [5, 5.41) is 0. The Morgan fingerprint density at radius 2 is 1.87 bits per heavy atom. The zero-order valence-electron chi connectivity index (χ0n) is 9.86. The Morgan fingerprint density at radius 3 is 2.47 bits per heavy atom. The second-order valence-electron chi connectivity index (χ2n) is 4.75. The second kappa shape index (κ2) is 5.42. The predicted octanol–water partition coefficient (Wildman–Crippen LogP) is 2.46. The molecule has 2 nitrogen and oxygen atoms in total. The quantitative estimate of drug-likeness (QED) is 0.360. The van der Waals surface area contributed by atoms with Crippen LogP contribution in [0.5, 0.6) is 0 Å². The Morgan fingerprint density at radius 1 is 1.20 bits per heavy atom. The number of hydrogen-bond acceptors (Lipinski definition) is 2. The Kier molecular flexibility index (Phi) is 4.48. The van der Waals surface area contributed by atoms with E-state index in [1.54, 1.807) is 0 Å². The molecule has 0 saturated heterocycles. The van der Waals surface area contributed by atoms with Crippen molar-refractivity contribution in [3.05, 3.63) is 24.3 Å². The lowest BCUT2D eigenvalue weighted by Crippen LogP contribution is -2.35. The number of hydrogen-bond donors (Lipinski definition) is 1. The molecule has 0 aromatic heterocycles. The molecule has 84 valence electrons. The Balaban J connectivity index is 2.30. The maximum absolute atomic E-state index is 5.86. The first-order chi connectivity index (χ1) is 6.99. The first-order valence-electron chi connectivity index (χ1n) is 5.27. The molecule has 0 aliphatic heterocycles. The van der Waals surface area contributed by atoms with Gasteiger partial charge < -0.3 is 10.2 Å². The Bertz CT molecular complexity index is 305. The van der Waals surface area contributed by atoms with Crippen molar-refractivity contribution in [1.29, 1.82) is 0 Å². The van der Waals surface area contributed by atoms with Crippen LogP contribution in [0, 0.1) is 0 Å². The summed E-state index contributed by atoms with van der Waals surface area (Å²) in [7, 11) is 6.67. The molecule has 0 heterocycles. The van der Waals surface area contributed by atoms with E-state index in [9.17, 15) is 0 Å². The molecule has 1 aromatic carbocycles. The molecule has 2 N–H and O–H groups in total. The third-order valence-electron chi connectivity index (χ3n) is 2.15. The number of anilines is 1. The van der Waals surface area contributed by atoms with Gasteiger partial charge >= 0.3 is 0 Å². The van der Waals surface area contributed by atoms with Crippen LogP contribution in [-0.4, -0.2) is 37.9 Å². The zero-order valence-corrected chi connectivity index (χ0v) is 10.7. The van der Waals surface area contributed by atoms with Crippen LogP contribution in [0.3, 0.4) is 0 Å². The molecule has 0 unspecified atom stereocenters. The number of nitrogens with two attached hydrogens (primary N) is 1. The fraction of sp³-hybridized carbons (Fsp3) is 0.500. The van der Waals surface area contributed by atoms with E-state index in [2.05, 4.69) is 27.2 Å². The lowest BCUT2D eigenvalue weighted by Gasteiger charge is -2.23. The van der Waals surface area contributed by atoms with Crippen molar-refractivity contribution < 1.29 is 4.48 Å². The molecule has 0 aliphatic carbocycles. The molecule has 0 atom stereocenters. The normalized spacial score (nSPS) is 11.7. The summed E-state index contributed by atoms with van der Waals surface area (Å²) in [6, 6.07) is 8.07. The minimum Gasteiger partial charge on any atom is -0.398 e. The van der Waals surface area contributed by atoms with E-state index in [-0.39, 0.29) is 0 Å². The van der Waals surface area contributed by atoms with Crippen LogP contribution in [0.1, 0.15) is 6.42 Å². The van der Waals surface area contributed by atoms with Crippen molar-refractivity contribution in [2.45, 2.75) is 11.3 Å². The molecule has 0 saturated carbocycles. The fourth-order valence-electron chi connectivity index (χ4n) is 1.33. The van der Waals surface area contributed by atoms with E-state index in [1.807, 2.05) is 30.0 Å². The van der Waals surface area contributed by atoms with Crippen molar-refractivity contribution in [3.63, 3.8) is 0 Å². The van der Waals surface area contributed by atoms with Crippen LogP contribution in [0.2, 0.25) is 0 Å². The van der Waals surface area contributed by atoms with Gasteiger partial charge in [-0.1, -0.05) is 12.1 Å². The van der Waals surface area contributed by atoms with Gasteiger partial charge in [-0.2, -0.15) is 0 Å². The monoisotopic (exact) mass is 225 g/mol. The summed E-state index contributed by atoms with van der Waals surface area (Å²) in [5.74, 6) is 1.14. The van der Waals surface area contributed by atoms with Crippen molar-refractivity contribution in [3.8, 4) is 0 Å². The van der Waals surface area contributed by atoms with Gasteiger partial charge in [0.2, 0.25) is 0 Å². The van der Waals surface area contributed by atoms with E-state index in [4.69, 9.17) is 5.73 Å². The minimum atomic E-state index is 0.896. The van der Waals surface area contributed by atoms with Gasteiger partial charge in [0.15, 0.2) is 0 Å². The molecular weight excluding hydrogens is 204 g/mol.